The maximum Gasteiger partial charge on any atom is 0.242 e. The summed E-state index contributed by atoms with van der Waals surface area (Å²) in [6.07, 6.45) is 0. The molecule has 1 unspecified atom stereocenters. The molecule has 2 N–H and O–H groups in total. The van der Waals surface area contributed by atoms with Gasteiger partial charge in [-0.2, -0.15) is 0 Å². The quantitative estimate of drug-likeness (QED) is 0.847. The number of phenolic OH excluding ortho intramolecular Hbond substituents is 1. The SMILES string of the molecule is O=C(NCc1cc(Cl)ccc1O)C(Cl)c1ccccc1. The smallest absolute Gasteiger partial charge is 0.242 e. The molecule has 2 aromatic carbocycles. The molecule has 0 aromatic heterocycles. The fourth-order valence-corrected chi connectivity index (χ4v) is 2.16. The highest BCUT2D eigenvalue weighted by atomic mass is 35.5. The lowest BCUT2D eigenvalue weighted by Crippen LogP contribution is -2.26. The summed E-state index contributed by atoms with van der Waals surface area (Å²) in [6, 6.07) is 13.7. The molecule has 2 aromatic rings. The first-order chi connectivity index (χ1) is 9.58. The van der Waals surface area contributed by atoms with Crippen LogP contribution in [0, 0.1) is 0 Å². The van der Waals surface area contributed by atoms with Crippen molar-refractivity contribution < 1.29 is 9.90 Å². The van der Waals surface area contributed by atoms with Gasteiger partial charge in [-0.15, -0.1) is 11.6 Å². The number of nitrogens with one attached hydrogen (secondary N) is 1. The van der Waals surface area contributed by atoms with Crippen molar-refractivity contribution in [1.82, 2.24) is 5.32 Å². The van der Waals surface area contributed by atoms with Crippen molar-refractivity contribution in [2.24, 2.45) is 0 Å². The minimum Gasteiger partial charge on any atom is -0.508 e. The highest BCUT2D eigenvalue weighted by Gasteiger charge is 2.17. The lowest BCUT2D eigenvalue weighted by Gasteiger charge is -2.11. The number of rotatable bonds is 4. The number of benzene rings is 2. The van der Waals surface area contributed by atoms with Crippen molar-refractivity contribution in [2.45, 2.75) is 11.9 Å². The Morgan fingerprint density at radius 2 is 1.90 bits per heavy atom. The second-order valence-corrected chi connectivity index (χ2v) is 5.14. The summed E-state index contributed by atoms with van der Waals surface area (Å²) >= 11 is 11.9. The molecule has 0 heterocycles. The van der Waals surface area contributed by atoms with Crippen LogP contribution >= 0.6 is 23.2 Å². The zero-order valence-corrected chi connectivity index (χ0v) is 12.0. The monoisotopic (exact) mass is 309 g/mol. The van der Waals surface area contributed by atoms with Gasteiger partial charge in [-0.25, -0.2) is 0 Å². The zero-order valence-electron chi connectivity index (χ0n) is 10.5. The van der Waals surface area contributed by atoms with Crippen molar-refractivity contribution in [3.8, 4) is 5.75 Å². The maximum absolute atomic E-state index is 12.0. The standard InChI is InChI=1S/C15H13Cl2NO2/c16-12-6-7-13(19)11(8-12)9-18-15(20)14(17)10-4-2-1-3-5-10/h1-8,14,19H,9H2,(H,18,20). The number of phenols is 1. The number of hydrogen-bond acceptors (Lipinski definition) is 2. The number of carbonyl (C=O) groups is 1. The summed E-state index contributed by atoms with van der Waals surface area (Å²) in [7, 11) is 0. The molecule has 0 saturated heterocycles. The molecule has 104 valence electrons. The van der Waals surface area contributed by atoms with E-state index in [1.165, 1.54) is 6.07 Å². The molecule has 0 radical (unpaired) electrons. The third kappa shape index (κ3) is 3.65. The van der Waals surface area contributed by atoms with Crippen LogP contribution in [0.2, 0.25) is 5.02 Å². The lowest BCUT2D eigenvalue weighted by atomic mass is 10.1. The predicted octanol–water partition coefficient (Wildman–Crippen LogP) is 3.64. The number of hydrogen-bond donors (Lipinski definition) is 2. The summed E-state index contributed by atoms with van der Waals surface area (Å²) in [5, 5.41) is 12.1. The van der Waals surface area contributed by atoms with Gasteiger partial charge in [0.1, 0.15) is 11.1 Å². The van der Waals surface area contributed by atoms with Crippen molar-refractivity contribution in [3.63, 3.8) is 0 Å². The lowest BCUT2D eigenvalue weighted by molar-refractivity contribution is -0.121. The Morgan fingerprint density at radius 1 is 1.20 bits per heavy atom. The summed E-state index contributed by atoms with van der Waals surface area (Å²) in [4.78, 5) is 12.0. The highest BCUT2D eigenvalue weighted by Crippen LogP contribution is 2.23. The van der Waals surface area contributed by atoms with Crippen LogP contribution in [0.25, 0.3) is 0 Å². The maximum atomic E-state index is 12.0. The van der Waals surface area contributed by atoms with Crippen LogP contribution in [-0.2, 0) is 11.3 Å². The van der Waals surface area contributed by atoms with Crippen LogP contribution in [-0.4, -0.2) is 11.0 Å². The molecule has 0 bridgehead atoms. The van der Waals surface area contributed by atoms with E-state index in [2.05, 4.69) is 5.32 Å². The number of alkyl halides is 1. The molecular formula is C15H13Cl2NO2. The van der Waals surface area contributed by atoms with Crippen LogP contribution in [0.1, 0.15) is 16.5 Å². The van der Waals surface area contributed by atoms with Gasteiger partial charge in [0.25, 0.3) is 0 Å². The van der Waals surface area contributed by atoms with Gasteiger partial charge in [0.05, 0.1) is 0 Å². The minimum atomic E-state index is -0.766. The Morgan fingerprint density at radius 3 is 2.60 bits per heavy atom. The molecule has 0 aliphatic heterocycles. The largest absolute Gasteiger partial charge is 0.508 e. The van der Waals surface area contributed by atoms with Crippen molar-refractivity contribution in [2.75, 3.05) is 0 Å². The summed E-state index contributed by atoms with van der Waals surface area (Å²) in [5.41, 5.74) is 1.27. The van der Waals surface area contributed by atoms with Crippen LogP contribution in [0.4, 0.5) is 0 Å². The molecule has 0 fully saturated rings. The molecule has 20 heavy (non-hydrogen) atoms. The van der Waals surface area contributed by atoms with Crippen molar-refractivity contribution in [3.05, 3.63) is 64.7 Å². The number of halogens is 2. The molecule has 1 atom stereocenters. The van der Waals surface area contributed by atoms with Gasteiger partial charge in [-0.1, -0.05) is 41.9 Å². The molecule has 5 heteroatoms. The van der Waals surface area contributed by atoms with E-state index in [1.807, 2.05) is 18.2 Å². The van der Waals surface area contributed by atoms with E-state index >= 15 is 0 Å². The Labute approximate surface area is 127 Å². The molecule has 0 aliphatic rings. The van der Waals surface area contributed by atoms with Gasteiger partial charge >= 0.3 is 0 Å². The zero-order chi connectivity index (χ0) is 14.5. The molecule has 2 rings (SSSR count). The second kappa shape index (κ2) is 6.64. The highest BCUT2D eigenvalue weighted by molar-refractivity contribution is 6.31. The van der Waals surface area contributed by atoms with Gasteiger partial charge < -0.3 is 10.4 Å². The predicted molar refractivity (Wildman–Crippen MR) is 80.0 cm³/mol. The molecular weight excluding hydrogens is 297 g/mol. The average Bonchev–Trinajstić information content (AvgIpc) is 2.48. The van der Waals surface area contributed by atoms with Crippen LogP contribution in [0.15, 0.2) is 48.5 Å². The molecule has 0 aliphatic carbocycles. The van der Waals surface area contributed by atoms with Crippen LogP contribution in [0.5, 0.6) is 5.75 Å². The van der Waals surface area contributed by atoms with Gasteiger partial charge in [0.15, 0.2) is 0 Å². The Kier molecular flexibility index (Phi) is 4.88. The minimum absolute atomic E-state index is 0.0838. The molecule has 0 spiro atoms. The summed E-state index contributed by atoms with van der Waals surface area (Å²) < 4.78 is 0. The average molecular weight is 310 g/mol. The summed E-state index contributed by atoms with van der Waals surface area (Å²) in [6.45, 7) is 0.168. The second-order valence-electron chi connectivity index (χ2n) is 4.26. The molecule has 1 amide bonds. The Hall–Kier alpha value is -1.71. The summed E-state index contributed by atoms with van der Waals surface area (Å²) in [5.74, 6) is -0.238. The van der Waals surface area contributed by atoms with Gasteiger partial charge in [0.2, 0.25) is 5.91 Å². The van der Waals surface area contributed by atoms with Crippen LogP contribution < -0.4 is 5.32 Å². The topological polar surface area (TPSA) is 49.3 Å². The van der Waals surface area contributed by atoms with E-state index < -0.39 is 5.38 Å². The third-order valence-corrected chi connectivity index (χ3v) is 3.50. The van der Waals surface area contributed by atoms with Crippen LogP contribution in [0.3, 0.4) is 0 Å². The fraction of sp³-hybridized carbons (Fsp3) is 0.133. The first kappa shape index (κ1) is 14.7. The van der Waals surface area contributed by atoms with Gasteiger partial charge in [-0.3, -0.25) is 4.79 Å². The van der Waals surface area contributed by atoms with E-state index in [9.17, 15) is 9.90 Å². The number of carbonyl (C=O) groups excluding carboxylic acids is 1. The van der Waals surface area contributed by atoms with E-state index in [4.69, 9.17) is 23.2 Å². The fourth-order valence-electron chi connectivity index (χ4n) is 1.74. The Bertz CT molecular complexity index is 602. The van der Waals surface area contributed by atoms with Gasteiger partial charge in [-0.05, 0) is 23.8 Å². The first-order valence-electron chi connectivity index (χ1n) is 6.02. The molecule has 0 saturated carbocycles. The van der Waals surface area contributed by atoms with Crippen molar-refractivity contribution >= 4 is 29.1 Å². The molecule has 3 nitrogen and oxygen atoms in total. The van der Waals surface area contributed by atoms with Gasteiger partial charge in [0, 0.05) is 17.1 Å². The van der Waals surface area contributed by atoms with E-state index in [0.717, 1.165) is 5.56 Å². The normalized spacial score (nSPS) is 11.9. The van der Waals surface area contributed by atoms with Crippen molar-refractivity contribution in [1.29, 1.82) is 0 Å². The number of aromatic hydroxyl groups is 1. The first-order valence-corrected chi connectivity index (χ1v) is 6.83. The number of amides is 1. The van der Waals surface area contributed by atoms with E-state index in [-0.39, 0.29) is 18.2 Å². The van der Waals surface area contributed by atoms with E-state index in [0.29, 0.717) is 10.6 Å². The van der Waals surface area contributed by atoms with E-state index in [1.54, 1.807) is 24.3 Å². The Balaban J connectivity index is 2.00. The third-order valence-electron chi connectivity index (χ3n) is 2.82.